The van der Waals surface area contributed by atoms with Crippen LogP contribution in [0.5, 0.6) is 0 Å². The molecular weight excluding hydrogens is 208 g/mol. The molecule has 92 valence electrons. The Morgan fingerprint density at radius 2 is 1.20 bits per heavy atom. The molecule has 0 aliphatic carbocycles. The molecule has 3 heteroatoms. The van der Waals surface area contributed by atoms with Crippen molar-refractivity contribution in [2.24, 2.45) is 0 Å². The predicted molar refractivity (Wildman–Crippen MR) is 67.5 cm³/mol. The molecule has 0 spiro atoms. The number of unbranched alkanes of at least 4 members (excludes halogenated alkanes) is 9. The van der Waals surface area contributed by atoms with Crippen LogP contribution in [0.3, 0.4) is 0 Å². The summed E-state index contributed by atoms with van der Waals surface area (Å²) in [6.07, 6.45) is 12.7. The maximum atomic E-state index is 10.3. The molecule has 0 fully saturated rings. The molecule has 0 saturated carbocycles. The van der Waals surface area contributed by atoms with Gasteiger partial charge in [-0.3, -0.25) is 0 Å². The monoisotopic (exact) mass is 234 g/mol. The van der Waals surface area contributed by atoms with Gasteiger partial charge in [0.1, 0.15) is 0 Å². The van der Waals surface area contributed by atoms with Gasteiger partial charge in [-0.2, -0.15) is 0 Å². The molecule has 0 rings (SSSR count). The van der Waals surface area contributed by atoms with Crippen LogP contribution in [0.25, 0.3) is 0 Å². The molecule has 2 nitrogen and oxygen atoms in total. The summed E-state index contributed by atoms with van der Waals surface area (Å²) in [5, 5.41) is 0. The molecule has 15 heavy (non-hydrogen) atoms. The van der Waals surface area contributed by atoms with Crippen molar-refractivity contribution in [3.8, 4) is 0 Å². The van der Waals surface area contributed by atoms with Crippen molar-refractivity contribution in [3.05, 3.63) is 0 Å². The molecule has 0 amide bonds. The first kappa shape index (κ1) is 15.1. The summed E-state index contributed by atoms with van der Waals surface area (Å²) in [7, 11) is 0. The van der Waals surface area contributed by atoms with E-state index < -0.39 is 11.1 Å². The van der Waals surface area contributed by atoms with E-state index in [4.69, 9.17) is 4.55 Å². The lowest BCUT2D eigenvalue weighted by atomic mass is 10.1. The second-order valence-corrected chi connectivity index (χ2v) is 5.26. The third kappa shape index (κ3) is 14.1. The number of hydrogen-bond acceptors (Lipinski definition) is 1. The fourth-order valence-corrected chi connectivity index (χ4v) is 2.16. The summed E-state index contributed by atoms with van der Waals surface area (Å²) in [6.45, 7) is 2.24. The highest BCUT2D eigenvalue weighted by Gasteiger charge is 1.94. The molecule has 0 aromatic heterocycles. The van der Waals surface area contributed by atoms with Gasteiger partial charge in [0.15, 0.2) is 11.1 Å². The van der Waals surface area contributed by atoms with Gasteiger partial charge in [-0.25, -0.2) is 4.21 Å². The molecule has 0 aromatic rings. The molecule has 0 aromatic carbocycles. The highest BCUT2D eigenvalue weighted by Crippen LogP contribution is 2.10. The Balaban J connectivity index is 2.89. The Bertz CT molecular complexity index is 149. The highest BCUT2D eigenvalue weighted by atomic mass is 32.2. The molecule has 1 N–H and O–H groups in total. The van der Waals surface area contributed by atoms with E-state index in [-0.39, 0.29) is 0 Å². The van der Waals surface area contributed by atoms with Crippen molar-refractivity contribution >= 4 is 11.1 Å². The lowest BCUT2D eigenvalue weighted by molar-refractivity contribution is 0.547. The van der Waals surface area contributed by atoms with Gasteiger partial charge in [0.25, 0.3) is 0 Å². The van der Waals surface area contributed by atoms with Crippen molar-refractivity contribution in [2.75, 3.05) is 5.75 Å². The smallest absolute Gasteiger partial charge is 0.152 e. The van der Waals surface area contributed by atoms with Crippen LogP contribution in [0.1, 0.15) is 71.1 Å². The molecule has 0 bridgehead atoms. The van der Waals surface area contributed by atoms with Crippen molar-refractivity contribution in [3.63, 3.8) is 0 Å². The van der Waals surface area contributed by atoms with Crippen LogP contribution in [0, 0.1) is 0 Å². The fraction of sp³-hybridized carbons (Fsp3) is 1.00. The fourth-order valence-electron chi connectivity index (χ4n) is 1.71. The topological polar surface area (TPSA) is 37.3 Å². The highest BCUT2D eigenvalue weighted by molar-refractivity contribution is 7.79. The third-order valence-electron chi connectivity index (χ3n) is 2.67. The quantitative estimate of drug-likeness (QED) is 0.431. The minimum Gasteiger partial charge on any atom is -0.306 e. The van der Waals surface area contributed by atoms with E-state index in [1.54, 1.807) is 0 Å². The average Bonchev–Trinajstić information content (AvgIpc) is 2.20. The van der Waals surface area contributed by atoms with E-state index in [9.17, 15) is 4.21 Å². The Labute approximate surface area is 97.1 Å². The van der Waals surface area contributed by atoms with Crippen LogP contribution in [0.15, 0.2) is 0 Å². The van der Waals surface area contributed by atoms with Gasteiger partial charge < -0.3 is 4.55 Å². The maximum Gasteiger partial charge on any atom is 0.152 e. The Hall–Kier alpha value is 0.110. The molecule has 0 saturated heterocycles. The lowest BCUT2D eigenvalue weighted by Crippen LogP contribution is -1.94. The summed E-state index contributed by atoms with van der Waals surface area (Å²) < 4.78 is 18.9. The van der Waals surface area contributed by atoms with Gasteiger partial charge in [0, 0.05) is 5.75 Å². The van der Waals surface area contributed by atoms with Gasteiger partial charge in [-0.15, -0.1) is 0 Å². The Morgan fingerprint density at radius 1 is 0.800 bits per heavy atom. The van der Waals surface area contributed by atoms with Crippen LogP contribution in [0.2, 0.25) is 0 Å². The summed E-state index contributed by atoms with van der Waals surface area (Å²) >= 11 is -1.58. The Morgan fingerprint density at radius 3 is 1.60 bits per heavy atom. The van der Waals surface area contributed by atoms with Crippen LogP contribution >= 0.6 is 0 Å². The summed E-state index contributed by atoms with van der Waals surface area (Å²) in [6, 6.07) is 0. The molecule has 0 aliphatic heterocycles. The molecule has 0 aliphatic rings. The SMILES string of the molecule is CCCCCCCCCCCCS(=O)O. The molecule has 1 atom stereocenters. The predicted octanol–water partition coefficient (Wildman–Crippen LogP) is 4.13. The first-order valence-electron chi connectivity index (χ1n) is 6.35. The van der Waals surface area contributed by atoms with E-state index in [1.807, 2.05) is 0 Å². The number of rotatable bonds is 11. The van der Waals surface area contributed by atoms with Crippen molar-refractivity contribution in [1.29, 1.82) is 0 Å². The van der Waals surface area contributed by atoms with Crippen LogP contribution in [-0.2, 0) is 11.1 Å². The van der Waals surface area contributed by atoms with Crippen LogP contribution in [0.4, 0.5) is 0 Å². The molecule has 0 radical (unpaired) electrons. The zero-order valence-corrected chi connectivity index (χ0v) is 10.9. The van der Waals surface area contributed by atoms with Gasteiger partial charge in [0.05, 0.1) is 0 Å². The standard InChI is InChI=1S/C12H26O2S/c1-2-3-4-5-6-7-8-9-10-11-12-15(13)14/h2-12H2,1H3,(H,13,14). The van der Waals surface area contributed by atoms with Gasteiger partial charge in [-0.05, 0) is 6.42 Å². The lowest BCUT2D eigenvalue weighted by Gasteiger charge is -2.01. The first-order chi connectivity index (χ1) is 7.27. The summed E-state index contributed by atoms with van der Waals surface area (Å²) in [5.41, 5.74) is 0. The number of hydrogen-bond donors (Lipinski definition) is 1. The minimum atomic E-state index is -1.58. The van der Waals surface area contributed by atoms with E-state index in [0.29, 0.717) is 5.75 Å². The van der Waals surface area contributed by atoms with Crippen LogP contribution in [-0.4, -0.2) is 14.5 Å². The maximum absolute atomic E-state index is 10.3. The summed E-state index contributed by atoms with van der Waals surface area (Å²) in [4.78, 5) is 0. The largest absolute Gasteiger partial charge is 0.306 e. The molecule has 1 unspecified atom stereocenters. The zero-order valence-electron chi connectivity index (χ0n) is 10.0. The zero-order chi connectivity index (χ0) is 11.4. The Kier molecular flexibility index (Phi) is 12.3. The molecular formula is C12H26O2S. The molecule has 0 heterocycles. The van der Waals surface area contributed by atoms with Gasteiger partial charge in [0.2, 0.25) is 0 Å². The average molecular weight is 234 g/mol. The van der Waals surface area contributed by atoms with E-state index in [1.165, 1.54) is 51.4 Å². The van der Waals surface area contributed by atoms with E-state index >= 15 is 0 Å². The van der Waals surface area contributed by atoms with Gasteiger partial charge >= 0.3 is 0 Å². The minimum absolute atomic E-state index is 0.455. The summed E-state index contributed by atoms with van der Waals surface area (Å²) in [5.74, 6) is 0.455. The second-order valence-electron chi connectivity index (χ2n) is 4.21. The van der Waals surface area contributed by atoms with E-state index in [0.717, 1.165) is 12.8 Å². The normalized spacial score (nSPS) is 12.9. The van der Waals surface area contributed by atoms with Gasteiger partial charge in [-0.1, -0.05) is 64.7 Å². The first-order valence-corrected chi connectivity index (χ1v) is 7.62. The van der Waals surface area contributed by atoms with Crippen LogP contribution < -0.4 is 0 Å². The van der Waals surface area contributed by atoms with Crippen molar-refractivity contribution in [2.45, 2.75) is 71.1 Å². The van der Waals surface area contributed by atoms with Crippen molar-refractivity contribution in [1.82, 2.24) is 0 Å². The third-order valence-corrected chi connectivity index (χ3v) is 3.31. The van der Waals surface area contributed by atoms with Crippen molar-refractivity contribution < 1.29 is 8.76 Å². The van der Waals surface area contributed by atoms with E-state index in [2.05, 4.69) is 6.92 Å². The second kappa shape index (κ2) is 12.2.